The first-order chi connectivity index (χ1) is 8.00. The molecule has 1 aliphatic rings. The van der Waals surface area contributed by atoms with E-state index < -0.39 is 11.5 Å². The minimum Gasteiger partial charge on any atom is -0.480 e. The summed E-state index contributed by atoms with van der Waals surface area (Å²) in [4.78, 5) is 14.1. The topological polar surface area (TPSA) is 98.1 Å². The van der Waals surface area contributed by atoms with Gasteiger partial charge in [0.05, 0.1) is 0 Å². The molecule has 0 bridgehead atoms. The standard InChI is InChI=1S/C11H20N4O2/c1-8-5-9(2)7-11(6-8,10(16)17)13-3-4-14-15-12/h8-9,13H,3-7H2,1-2H3,(H,16,17). The fourth-order valence-electron chi connectivity index (χ4n) is 2.91. The van der Waals surface area contributed by atoms with Crippen molar-refractivity contribution in [1.29, 1.82) is 0 Å². The molecule has 6 heteroatoms. The molecule has 0 aliphatic heterocycles. The van der Waals surface area contributed by atoms with Crippen molar-refractivity contribution >= 4 is 5.97 Å². The molecule has 1 saturated carbocycles. The second-order valence-corrected chi connectivity index (χ2v) is 5.12. The second-order valence-electron chi connectivity index (χ2n) is 5.12. The molecule has 2 unspecified atom stereocenters. The molecule has 0 saturated heterocycles. The van der Waals surface area contributed by atoms with Gasteiger partial charge in [-0.15, -0.1) is 0 Å². The quantitative estimate of drug-likeness (QED) is 0.333. The van der Waals surface area contributed by atoms with Crippen molar-refractivity contribution in [1.82, 2.24) is 5.32 Å². The molecular formula is C11H20N4O2. The van der Waals surface area contributed by atoms with Gasteiger partial charge in [-0.05, 0) is 36.6 Å². The largest absolute Gasteiger partial charge is 0.480 e. The highest BCUT2D eigenvalue weighted by Gasteiger charge is 2.43. The highest BCUT2D eigenvalue weighted by Crippen LogP contribution is 2.36. The number of hydrogen-bond donors (Lipinski definition) is 2. The summed E-state index contributed by atoms with van der Waals surface area (Å²) in [5.74, 6) is 0.0143. The van der Waals surface area contributed by atoms with Crippen LogP contribution in [-0.2, 0) is 4.79 Å². The number of carboxylic acid groups (broad SMARTS) is 1. The third-order valence-corrected chi connectivity index (χ3v) is 3.35. The molecule has 6 nitrogen and oxygen atoms in total. The summed E-state index contributed by atoms with van der Waals surface area (Å²) in [6, 6.07) is 0. The molecule has 17 heavy (non-hydrogen) atoms. The van der Waals surface area contributed by atoms with Gasteiger partial charge in [0.2, 0.25) is 0 Å². The van der Waals surface area contributed by atoms with Gasteiger partial charge in [0.25, 0.3) is 0 Å². The van der Waals surface area contributed by atoms with Crippen LogP contribution in [0.1, 0.15) is 33.1 Å². The molecule has 0 aromatic carbocycles. The molecule has 0 spiro atoms. The van der Waals surface area contributed by atoms with E-state index in [2.05, 4.69) is 29.2 Å². The van der Waals surface area contributed by atoms with Crippen molar-refractivity contribution in [2.24, 2.45) is 17.0 Å². The second kappa shape index (κ2) is 5.89. The molecule has 0 aromatic heterocycles. The van der Waals surface area contributed by atoms with Gasteiger partial charge in [-0.25, -0.2) is 0 Å². The van der Waals surface area contributed by atoms with E-state index in [1.165, 1.54) is 0 Å². The average molecular weight is 240 g/mol. The highest BCUT2D eigenvalue weighted by molar-refractivity contribution is 5.79. The molecule has 96 valence electrons. The van der Waals surface area contributed by atoms with Crippen LogP contribution in [0.25, 0.3) is 10.4 Å². The zero-order valence-corrected chi connectivity index (χ0v) is 10.4. The monoisotopic (exact) mass is 240 g/mol. The first kappa shape index (κ1) is 13.8. The number of nitrogens with zero attached hydrogens (tertiary/aromatic N) is 3. The van der Waals surface area contributed by atoms with Crippen LogP contribution in [0.15, 0.2) is 5.11 Å². The van der Waals surface area contributed by atoms with Crippen LogP contribution in [0.4, 0.5) is 0 Å². The van der Waals surface area contributed by atoms with Crippen molar-refractivity contribution in [3.63, 3.8) is 0 Å². The van der Waals surface area contributed by atoms with Crippen molar-refractivity contribution in [3.05, 3.63) is 10.4 Å². The fourth-order valence-corrected chi connectivity index (χ4v) is 2.91. The third kappa shape index (κ3) is 3.61. The number of carboxylic acids is 1. The lowest BCUT2D eigenvalue weighted by atomic mass is 9.71. The van der Waals surface area contributed by atoms with E-state index in [-0.39, 0.29) is 6.54 Å². The third-order valence-electron chi connectivity index (χ3n) is 3.35. The Labute approximate surface area is 101 Å². The van der Waals surface area contributed by atoms with Gasteiger partial charge in [-0.2, -0.15) is 0 Å². The van der Waals surface area contributed by atoms with E-state index in [9.17, 15) is 9.90 Å². The lowest BCUT2D eigenvalue weighted by Gasteiger charge is -2.40. The maximum atomic E-state index is 11.5. The molecule has 0 aromatic rings. The van der Waals surface area contributed by atoms with Gasteiger partial charge in [-0.3, -0.25) is 4.79 Å². The summed E-state index contributed by atoms with van der Waals surface area (Å²) in [6.45, 7) is 4.87. The van der Waals surface area contributed by atoms with Crippen LogP contribution in [0, 0.1) is 11.8 Å². The van der Waals surface area contributed by atoms with Crippen LogP contribution in [0.2, 0.25) is 0 Å². The smallest absolute Gasteiger partial charge is 0.323 e. The lowest BCUT2D eigenvalue weighted by molar-refractivity contribution is -0.148. The number of aliphatic carboxylic acids is 1. The molecule has 0 radical (unpaired) electrons. The zero-order chi connectivity index (χ0) is 12.9. The SMILES string of the molecule is CC1CC(C)CC(NCCN=[N+]=[N-])(C(=O)O)C1. The van der Waals surface area contributed by atoms with Crippen LogP contribution in [-0.4, -0.2) is 29.7 Å². The molecular weight excluding hydrogens is 220 g/mol. The Balaban J connectivity index is 2.67. The van der Waals surface area contributed by atoms with Crippen LogP contribution >= 0.6 is 0 Å². The predicted molar refractivity (Wildman–Crippen MR) is 64.6 cm³/mol. The molecule has 0 amide bonds. The maximum absolute atomic E-state index is 11.5. The van der Waals surface area contributed by atoms with Crippen LogP contribution in [0.5, 0.6) is 0 Å². The van der Waals surface area contributed by atoms with Crippen molar-refractivity contribution in [3.8, 4) is 0 Å². The van der Waals surface area contributed by atoms with Crippen molar-refractivity contribution in [2.45, 2.75) is 38.6 Å². The minimum absolute atomic E-state index is 0.286. The highest BCUT2D eigenvalue weighted by atomic mass is 16.4. The molecule has 1 aliphatic carbocycles. The van der Waals surface area contributed by atoms with E-state index in [1.807, 2.05) is 0 Å². The van der Waals surface area contributed by atoms with Gasteiger partial charge in [0.15, 0.2) is 0 Å². The number of azide groups is 1. The first-order valence-electron chi connectivity index (χ1n) is 5.99. The van der Waals surface area contributed by atoms with E-state index >= 15 is 0 Å². The van der Waals surface area contributed by atoms with Crippen molar-refractivity contribution in [2.75, 3.05) is 13.1 Å². The summed E-state index contributed by atoms with van der Waals surface area (Å²) in [5, 5.41) is 15.9. The summed E-state index contributed by atoms with van der Waals surface area (Å²) in [5.41, 5.74) is 7.33. The Morgan fingerprint density at radius 1 is 1.53 bits per heavy atom. The molecule has 2 atom stereocenters. The Hall–Kier alpha value is -1.26. The Morgan fingerprint density at radius 2 is 2.12 bits per heavy atom. The van der Waals surface area contributed by atoms with Gasteiger partial charge >= 0.3 is 5.97 Å². The summed E-state index contributed by atoms with van der Waals surface area (Å²) in [7, 11) is 0. The zero-order valence-electron chi connectivity index (χ0n) is 10.4. The Kier molecular flexibility index (Phi) is 4.78. The fraction of sp³-hybridized carbons (Fsp3) is 0.909. The summed E-state index contributed by atoms with van der Waals surface area (Å²) in [6.07, 6.45) is 2.36. The van der Waals surface area contributed by atoms with Crippen LogP contribution < -0.4 is 5.32 Å². The number of carbonyl (C=O) groups is 1. The number of hydrogen-bond acceptors (Lipinski definition) is 3. The van der Waals surface area contributed by atoms with E-state index in [4.69, 9.17) is 5.53 Å². The minimum atomic E-state index is -0.845. The average Bonchev–Trinajstić information content (AvgIpc) is 2.23. The van der Waals surface area contributed by atoms with Gasteiger partial charge in [0, 0.05) is 18.0 Å². The predicted octanol–water partition coefficient (Wildman–Crippen LogP) is 2.17. The molecule has 0 heterocycles. The first-order valence-corrected chi connectivity index (χ1v) is 5.99. The lowest BCUT2D eigenvalue weighted by Crippen LogP contribution is -2.56. The maximum Gasteiger partial charge on any atom is 0.323 e. The summed E-state index contributed by atoms with van der Waals surface area (Å²) < 4.78 is 0. The molecule has 2 N–H and O–H groups in total. The Bertz CT molecular complexity index is 315. The van der Waals surface area contributed by atoms with Gasteiger partial charge in [0.1, 0.15) is 5.54 Å². The Morgan fingerprint density at radius 3 is 2.59 bits per heavy atom. The van der Waals surface area contributed by atoms with Crippen LogP contribution in [0.3, 0.4) is 0 Å². The van der Waals surface area contributed by atoms with E-state index in [1.54, 1.807) is 0 Å². The van der Waals surface area contributed by atoms with E-state index in [0.29, 0.717) is 31.2 Å². The van der Waals surface area contributed by atoms with E-state index in [0.717, 1.165) is 6.42 Å². The van der Waals surface area contributed by atoms with Crippen molar-refractivity contribution < 1.29 is 9.90 Å². The summed E-state index contributed by atoms with van der Waals surface area (Å²) >= 11 is 0. The molecule has 1 rings (SSSR count). The molecule has 1 fully saturated rings. The van der Waals surface area contributed by atoms with Gasteiger partial charge in [-0.1, -0.05) is 19.0 Å². The number of nitrogens with one attached hydrogen (secondary N) is 1. The normalized spacial score (nSPS) is 32.8. The van der Waals surface area contributed by atoms with Gasteiger partial charge < -0.3 is 10.4 Å². The number of rotatable bonds is 5.